The molecule has 1 aromatic carbocycles. The van der Waals surface area contributed by atoms with E-state index >= 15 is 0 Å². The monoisotopic (exact) mass is 409 g/mol. The standard InChI is InChI=1S/C25H23N5O/c1-16-2-5-21(30-25(31)23(27)12-20(15-26)17-3-4-17)14-22(16)19-8-11-29-24(13-19)18-6-9-28-10-7-18/h2,5-15,17,26-27H,3-4H2,1H3,(H,30,31)/b20-12+,26-15?,27-23?. The van der Waals surface area contributed by atoms with Crippen molar-refractivity contribution in [1.82, 2.24) is 9.97 Å². The number of rotatable bonds is 7. The number of nitrogens with one attached hydrogen (secondary N) is 3. The number of aromatic nitrogens is 2. The van der Waals surface area contributed by atoms with Crippen molar-refractivity contribution in [1.29, 1.82) is 10.8 Å². The highest BCUT2D eigenvalue weighted by Crippen LogP contribution is 2.35. The van der Waals surface area contributed by atoms with Crippen LogP contribution in [0.3, 0.4) is 0 Å². The van der Waals surface area contributed by atoms with Gasteiger partial charge in [-0.05, 0) is 90.4 Å². The van der Waals surface area contributed by atoms with Crippen LogP contribution in [0.5, 0.6) is 0 Å². The van der Waals surface area contributed by atoms with Crippen molar-refractivity contribution in [2.45, 2.75) is 19.8 Å². The summed E-state index contributed by atoms with van der Waals surface area (Å²) < 4.78 is 0. The van der Waals surface area contributed by atoms with Gasteiger partial charge >= 0.3 is 0 Å². The normalized spacial score (nSPS) is 13.5. The molecule has 0 radical (unpaired) electrons. The van der Waals surface area contributed by atoms with Gasteiger partial charge in [-0.2, -0.15) is 0 Å². The number of pyridine rings is 2. The van der Waals surface area contributed by atoms with Crippen molar-refractivity contribution in [2.75, 3.05) is 5.32 Å². The Hall–Kier alpha value is -3.93. The number of aryl methyl sites for hydroxylation is 1. The van der Waals surface area contributed by atoms with Gasteiger partial charge in [-0.15, -0.1) is 0 Å². The second-order valence-electron chi connectivity index (χ2n) is 7.63. The van der Waals surface area contributed by atoms with Gasteiger partial charge in [-0.1, -0.05) is 6.07 Å². The molecule has 0 unspecified atom stereocenters. The van der Waals surface area contributed by atoms with Gasteiger partial charge < -0.3 is 10.7 Å². The average molecular weight is 409 g/mol. The second-order valence-corrected chi connectivity index (χ2v) is 7.63. The predicted molar refractivity (Wildman–Crippen MR) is 124 cm³/mol. The lowest BCUT2D eigenvalue weighted by atomic mass is 9.99. The van der Waals surface area contributed by atoms with E-state index in [0.717, 1.165) is 46.4 Å². The molecule has 3 aromatic rings. The number of anilines is 1. The van der Waals surface area contributed by atoms with Crippen LogP contribution in [0.15, 0.2) is 72.7 Å². The quantitative estimate of drug-likeness (QED) is 0.475. The van der Waals surface area contributed by atoms with Gasteiger partial charge in [-0.25, -0.2) is 0 Å². The second kappa shape index (κ2) is 8.83. The minimum absolute atomic E-state index is 0.142. The number of hydrogen-bond donors (Lipinski definition) is 3. The molecule has 3 N–H and O–H groups in total. The summed E-state index contributed by atoms with van der Waals surface area (Å²) in [6, 6.07) is 13.5. The Kier molecular flexibility index (Phi) is 5.80. The first-order valence-corrected chi connectivity index (χ1v) is 10.1. The molecule has 0 aliphatic heterocycles. The Bertz CT molecular complexity index is 1180. The summed E-state index contributed by atoms with van der Waals surface area (Å²) in [6.07, 6.45) is 10.0. The number of amides is 1. The van der Waals surface area contributed by atoms with Gasteiger partial charge in [0.15, 0.2) is 0 Å². The van der Waals surface area contributed by atoms with Gasteiger partial charge in [-0.3, -0.25) is 20.2 Å². The molecule has 6 nitrogen and oxygen atoms in total. The van der Waals surface area contributed by atoms with Gasteiger partial charge in [0.25, 0.3) is 5.91 Å². The zero-order valence-corrected chi connectivity index (χ0v) is 17.2. The fourth-order valence-corrected chi connectivity index (χ4v) is 3.41. The van der Waals surface area contributed by atoms with Crippen molar-refractivity contribution in [2.24, 2.45) is 5.92 Å². The molecule has 0 spiro atoms. The summed E-state index contributed by atoms with van der Waals surface area (Å²) in [5, 5.41) is 18.4. The molecule has 0 atom stereocenters. The molecule has 6 heteroatoms. The zero-order valence-electron chi connectivity index (χ0n) is 17.2. The van der Waals surface area contributed by atoms with Crippen molar-refractivity contribution in [3.63, 3.8) is 0 Å². The van der Waals surface area contributed by atoms with Crippen LogP contribution in [-0.2, 0) is 4.79 Å². The lowest BCUT2D eigenvalue weighted by molar-refractivity contribution is -0.110. The van der Waals surface area contributed by atoms with Gasteiger partial charge in [0.1, 0.15) is 5.71 Å². The first kappa shape index (κ1) is 20.3. The molecule has 1 aliphatic carbocycles. The average Bonchev–Trinajstić information content (AvgIpc) is 3.64. The first-order valence-electron chi connectivity index (χ1n) is 10.1. The molecule has 2 heterocycles. The molecule has 2 aromatic heterocycles. The molecule has 1 fully saturated rings. The summed E-state index contributed by atoms with van der Waals surface area (Å²) in [6.45, 7) is 2.02. The summed E-state index contributed by atoms with van der Waals surface area (Å²) in [5.74, 6) is -0.167. The molecule has 4 rings (SSSR count). The third kappa shape index (κ3) is 4.80. The van der Waals surface area contributed by atoms with E-state index in [9.17, 15) is 4.79 Å². The molecule has 0 bridgehead atoms. The van der Waals surface area contributed by atoms with E-state index < -0.39 is 5.91 Å². The lowest BCUT2D eigenvalue weighted by Gasteiger charge is -2.11. The van der Waals surface area contributed by atoms with Crippen molar-refractivity contribution in [3.8, 4) is 22.4 Å². The smallest absolute Gasteiger partial charge is 0.273 e. The van der Waals surface area contributed by atoms with Crippen LogP contribution in [0.1, 0.15) is 18.4 Å². The first-order chi connectivity index (χ1) is 15.0. The number of nitrogens with zero attached hydrogens (tertiary/aromatic N) is 2. The number of benzene rings is 1. The fraction of sp³-hybridized carbons (Fsp3) is 0.160. The largest absolute Gasteiger partial charge is 0.321 e. The van der Waals surface area contributed by atoms with Crippen molar-refractivity contribution >= 4 is 23.5 Å². The highest BCUT2D eigenvalue weighted by atomic mass is 16.1. The third-order valence-electron chi connectivity index (χ3n) is 5.31. The number of allylic oxidation sites excluding steroid dienone is 1. The maximum atomic E-state index is 12.5. The van der Waals surface area contributed by atoms with Crippen LogP contribution in [0, 0.1) is 23.7 Å². The number of carbonyl (C=O) groups excluding carboxylic acids is 1. The van der Waals surface area contributed by atoms with E-state index in [1.165, 1.54) is 12.3 Å². The Morgan fingerprint density at radius 1 is 1.06 bits per heavy atom. The van der Waals surface area contributed by atoms with Crippen LogP contribution in [-0.4, -0.2) is 27.8 Å². The SMILES string of the molecule is Cc1ccc(NC(=O)C(=N)/C=C(\C=N)C2CC2)cc1-c1ccnc(-c2ccncc2)c1. The van der Waals surface area contributed by atoms with E-state index in [1.54, 1.807) is 18.6 Å². The van der Waals surface area contributed by atoms with Crippen LogP contribution >= 0.6 is 0 Å². The molecule has 1 amide bonds. The van der Waals surface area contributed by atoms with E-state index in [-0.39, 0.29) is 5.71 Å². The van der Waals surface area contributed by atoms with Gasteiger partial charge in [0.2, 0.25) is 0 Å². The van der Waals surface area contributed by atoms with Crippen LogP contribution < -0.4 is 5.32 Å². The van der Waals surface area contributed by atoms with E-state index in [2.05, 4.69) is 15.3 Å². The molecular formula is C25H23N5O. The van der Waals surface area contributed by atoms with Gasteiger partial charge in [0, 0.05) is 36.1 Å². The molecule has 154 valence electrons. The number of carbonyl (C=O) groups is 1. The summed E-state index contributed by atoms with van der Waals surface area (Å²) in [4.78, 5) is 21.0. The topological polar surface area (TPSA) is 103 Å². The minimum atomic E-state index is -0.484. The Morgan fingerprint density at radius 3 is 2.52 bits per heavy atom. The molecule has 1 aliphatic rings. The summed E-state index contributed by atoms with van der Waals surface area (Å²) >= 11 is 0. The highest BCUT2D eigenvalue weighted by molar-refractivity contribution is 6.46. The third-order valence-corrected chi connectivity index (χ3v) is 5.31. The molecule has 31 heavy (non-hydrogen) atoms. The van der Waals surface area contributed by atoms with Gasteiger partial charge in [0.05, 0.1) is 5.69 Å². The van der Waals surface area contributed by atoms with E-state index in [1.807, 2.05) is 49.4 Å². The molecule has 0 saturated heterocycles. The fourth-order valence-electron chi connectivity index (χ4n) is 3.41. The predicted octanol–water partition coefficient (Wildman–Crippen LogP) is 5.06. The van der Waals surface area contributed by atoms with Crippen LogP contribution in [0.4, 0.5) is 5.69 Å². The van der Waals surface area contributed by atoms with Crippen LogP contribution in [0.25, 0.3) is 22.4 Å². The van der Waals surface area contributed by atoms with Crippen molar-refractivity contribution in [3.05, 3.63) is 78.3 Å². The number of hydrogen-bond acceptors (Lipinski definition) is 5. The van der Waals surface area contributed by atoms with E-state index in [0.29, 0.717) is 11.6 Å². The summed E-state index contributed by atoms with van der Waals surface area (Å²) in [5.41, 5.74) is 6.09. The Labute approximate surface area is 181 Å². The van der Waals surface area contributed by atoms with Crippen molar-refractivity contribution < 1.29 is 4.79 Å². The lowest BCUT2D eigenvalue weighted by Crippen LogP contribution is -2.21. The molecular weight excluding hydrogens is 386 g/mol. The highest BCUT2D eigenvalue weighted by Gasteiger charge is 2.25. The minimum Gasteiger partial charge on any atom is -0.321 e. The van der Waals surface area contributed by atoms with Crippen LogP contribution in [0.2, 0.25) is 0 Å². The Balaban J connectivity index is 1.57. The summed E-state index contributed by atoms with van der Waals surface area (Å²) in [7, 11) is 0. The Morgan fingerprint density at radius 2 is 1.81 bits per heavy atom. The maximum Gasteiger partial charge on any atom is 0.273 e. The van der Waals surface area contributed by atoms with E-state index in [4.69, 9.17) is 10.8 Å². The zero-order chi connectivity index (χ0) is 21.8. The maximum absolute atomic E-state index is 12.5. The molecule has 1 saturated carbocycles.